The molecular formula is C17H28N4O3. The Labute approximate surface area is 143 Å². The molecule has 24 heavy (non-hydrogen) atoms. The SMILES string of the molecule is COCCC(NC(C)=O)C(=O)N1CCCC(n2nc(C)cc2C)C1. The van der Waals surface area contributed by atoms with Gasteiger partial charge in [0.05, 0.1) is 11.7 Å². The second-order valence-corrected chi connectivity index (χ2v) is 6.49. The predicted molar refractivity (Wildman–Crippen MR) is 90.6 cm³/mol. The van der Waals surface area contributed by atoms with Crippen molar-refractivity contribution in [3.63, 3.8) is 0 Å². The summed E-state index contributed by atoms with van der Waals surface area (Å²) in [6.07, 6.45) is 2.43. The van der Waals surface area contributed by atoms with Crippen LogP contribution in [0.25, 0.3) is 0 Å². The zero-order valence-electron chi connectivity index (χ0n) is 15.0. The summed E-state index contributed by atoms with van der Waals surface area (Å²) in [7, 11) is 1.59. The fourth-order valence-corrected chi connectivity index (χ4v) is 3.33. The van der Waals surface area contributed by atoms with Crippen LogP contribution < -0.4 is 5.32 Å². The topological polar surface area (TPSA) is 76.5 Å². The average Bonchev–Trinajstić information content (AvgIpc) is 2.89. The van der Waals surface area contributed by atoms with Gasteiger partial charge in [-0.05, 0) is 39.2 Å². The van der Waals surface area contributed by atoms with Crippen molar-refractivity contribution in [3.8, 4) is 0 Å². The van der Waals surface area contributed by atoms with E-state index in [0.29, 0.717) is 19.6 Å². The van der Waals surface area contributed by atoms with E-state index in [4.69, 9.17) is 4.74 Å². The van der Waals surface area contributed by atoms with Crippen LogP contribution in [0.4, 0.5) is 0 Å². The van der Waals surface area contributed by atoms with Gasteiger partial charge in [-0.3, -0.25) is 14.3 Å². The smallest absolute Gasteiger partial charge is 0.245 e. The van der Waals surface area contributed by atoms with Crippen LogP contribution >= 0.6 is 0 Å². The number of aryl methyl sites for hydroxylation is 2. The first-order valence-electron chi connectivity index (χ1n) is 8.50. The van der Waals surface area contributed by atoms with Crippen LogP contribution in [0.3, 0.4) is 0 Å². The summed E-state index contributed by atoms with van der Waals surface area (Å²) in [4.78, 5) is 26.1. The maximum atomic E-state index is 12.8. The highest BCUT2D eigenvalue weighted by Crippen LogP contribution is 2.23. The summed E-state index contributed by atoms with van der Waals surface area (Å²) < 4.78 is 7.09. The largest absolute Gasteiger partial charge is 0.385 e. The van der Waals surface area contributed by atoms with Gasteiger partial charge in [0.15, 0.2) is 0 Å². The second kappa shape index (κ2) is 8.28. The fraction of sp³-hybridized carbons (Fsp3) is 0.706. The van der Waals surface area contributed by atoms with Crippen molar-refractivity contribution in [3.05, 3.63) is 17.5 Å². The highest BCUT2D eigenvalue weighted by molar-refractivity contribution is 5.87. The van der Waals surface area contributed by atoms with Gasteiger partial charge in [-0.25, -0.2) is 0 Å². The van der Waals surface area contributed by atoms with Crippen LogP contribution in [0.2, 0.25) is 0 Å². The van der Waals surface area contributed by atoms with Crippen molar-refractivity contribution in [1.82, 2.24) is 20.0 Å². The third-order valence-electron chi connectivity index (χ3n) is 4.38. The van der Waals surface area contributed by atoms with Gasteiger partial charge in [0.25, 0.3) is 0 Å². The zero-order chi connectivity index (χ0) is 17.7. The van der Waals surface area contributed by atoms with Crippen molar-refractivity contribution in [1.29, 1.82) is 0 Å². The standard InChI is InChI=1S/C17H28N4O3/c1-12-10-13(2)21(19-12)15-6-5-8-20(11-15)17(23)16(7-9-24-4)18-14(3)22/h10,15-16H,5-9,11H2,1-4H3,(H,18,22). The summed E-state index contributed by atoms with van der Waals surface area (Å²) in [5.74, 6) is -0.231. The third-order valence-corrected chi connectivity index (χ3v) is 4.38. The van der Waals surface area contributed by atoms with Gasteiger partial charge in [0.2, 0.25) is 11.8 Å². The molecule has 2 atom stereocenters. The van der Waals surface area contributed by atoms with Crippen molar-refractivity contribution >= 4 is 11.8 Å². The molecule has 1 saturated heterocycles. The summed E-state index contributed by atoms with van der Waals surface area (Å²) in [5.41, 5.74) is 2.11. The molecule has 2 heterocycles. The number of hydrogen-bond acceptors (Lipinski definition) is 4. The van der Waals surface area contributed by atoms with E-state index in [2.05, 4.69) is 16.5 Å². The summed E-state index contributed by atoms with van der Waals surface area (Å²) >= 11 is 0. The quantitative estimate of drug-likeness (QED) is 0.847. The minimum Gasteiger partial charge on any atom is -0.385 e. The Morgan fingerprint density at radius 2 is 2.21 bits per heavy atom. The van der Waals surface area contributed by atoms with E-state index < -0.39 is 6.04 Å². The van der Waals surface area contributed by atoms with Crippen molar-refractivity contribution in [2.24, 2.45) is 0 Å². The molecule has 134 valence electrons. The first kappa shape index (κ1) is 18.4. The first-order valence-corrected chi connectivity index (χ1v) is 8.50. The number of amides is 2. The number of carbonyl (C=O) groups is 2. The van der Waals surface area contributed by atoms with E-state index in [9.17, 15) is 9.59 Å². The Kier molecular flexibility index (Phi) is 6.36. The minimum atomic E-state index is -0.526. The molecule has 0 bridgehead atoms. The highest BCUT2D eigenvalue weighted by Gasteiger charge is 2.30. The second-order valence-electron chi connectivity index (χ2n) is 6.49. The lowest BCUT2D eigenvalue weighted by Crippen LogP contribution is -2.51. The Hall–Kier alpha value is -1.89. The number of likely N-dealkylation sites (tertiary alicyclic amines) is 1. The van der Waals surface area contributed by atoms with Gasteiger partial charge >= 0.3 is 0 Å². The van der Waals surface area contributed by atoms with Gasteiger partial charge in [-0.2, -0.15) is 5.10 Å². The number of piperidine rings is 1. The molecule has 2 unspecified atom stereocenters. The van der Waals surface area contributed by atoms with E-state index in [-0.39, 0.29) is 17.9 Å². The lowest BCUT2D eigenvalue weighted by molar-refractivity contribution is -0.138. The molecule has 0 saturated carbocycles. The number of nitrogens with zero attached hydrogens (tertiary/aromatic N) is 3. The maximum Gasteiger partial charge on any atom is 0.245 e. The van der Waals surface area contributed by atoms with Gasteiger partial charge in [0.1, 0.15) is 6.04 Å². The number of rotatable bonds is 6. The normalized spacial score (nSPS) is 19.2. The maximum absolute atomic E-state index is 12.8. The average molecular weight is 336 g/mol. The molecule has 1 aliphatic rings. The lowest BCUT2D eigenvalue weighted by Gasteiger charge is -2.35. The van der Waals surface area contributed by atoms with Crippen LogP contribution in [0.15, 0.2) is 6.07 Å². The van der Waals surface area contributed by atoms with E-state index in [0.717, 1.165) is 30.8 Å². The molecule has 1 aliphatic heterocycles. The fourth-order valence-electron chi connectivity index (χ4n) is 3.33. The molecule has 1 fully saturated rings. The number of methoxy groups -OCH3 is 1. The molecule has 0 radical (unpaired) electrons. The van der Waals surface area contributed by atoms with E-state index in [1.54, 1.807) is 7.11 Å². The molecule has 7 heteroatoms. The van der Waals surface area contributed by atoms with Crippen LogP contribution in [0.5, 0.6) is 0 Å². The zero-order valence-corrected chi connectivity index (χ0v) is 15.0. The first-order chi connectivity index (χ1) is 11.4. The third kappa shape index (κ3) is 4.56. The Bertz CT molecular complexity index is 584. The van der Waals surface area contributed by atoms with Crippen LogP contribution in [-0.4, -0.2) is 59.3 Å². The van der Waals surface area contributed by atoms with Gasteiger partial charge in [-0.15, -0.1) is 0 Å². The van der Waals surface area contributed by atoms with E-state index >= 15 is 0 Å². The molecule has 7 nitrogen and oxygen atoms in total. The Balaban J connectivity index is 2.07. The number of aromatic nitrogens is 2. The predicted octanol–water partition coefficient (Wildman–Crippen LogP) is 1.20. The lowest BCUT2D eigenvalue weighted by atomic mass is 10.0. The van der Waals surface area contributed by atoms with Gasteiger partial charge in [-0.1, -0.05) is 0 Å². The molecular weight excluding hydrogens is 308 g/mol. The Morgan fingerprint density at radius 3 is 2.79 bits per heavy atom. The molecule has 1 aromatic rings. The van der Waals surface area contributed by atoms with Crippen molar-refractivity contribution in [2.75, 3.05) is 26.8 Å². The Morgan fingerprint density at radius 1 is 1.46 bits per heavy atom. The molecule has 0 aliphatic carbocycles. The van der Waals surface area contributed by atoms with E-state index in [1.165, 1.54) is 6.92 Å². The van der Waals surface area contributed by atoms with Crippen LogP contribution in [-0.2, 0) is 14.3 Å². The van der Waals surface area contributed by atoms with Crippen LogP contribution in [0.1, 0.15) is 43.6 Å². The minimum absolute atomic E-state index is 0.0338. The van der Waals surface area contributed by atoms with Crippen molar-refractivity contribution in [2.45, 2.75) is 52.1 Å². The highest BCUT2D eigenvalue weighted by atomic mass is 16.5. The molecule has 0 aromatic carbocycles. The number of carbonyl (C=O) groups excluding carboxylic acids is 2. The molecule has 0 spiro atoms. The summed E-state index contributed by atoms with van der Waals surface area (Å²) in [5, 5.41) is 7.31. The number of hydrogen-bond donors (Lipinski definition) is 1. The molecule has 1 N–H and O–H groups in total. The molecule has 2 rings (SSSR count). The van der Waals surface area contributed by atoms with Gasteiger partial charge < -0.3 is 15.0 Å². The van der Waals surface area contributed by atoms with Crippen molar-refractivity contribution < 1.29 is 14.3 Å². The van der Waals surface area contributed by atoms with Gasteiger partial charge in [0, 0.05) is 39.4 Å². The molecule has 2 amide bonds. The van der Waals surface area contributed by atoms with Crippen LogP contribution in [0, 0.1) is 13.8 Å². The monoisotopic (exact) mass is 336 g/mol. The summed E-state index contributed by atoms with van der Waals surface area (Å²) in [6.45, 7) is 7.24. The number of nitrogens with one attached hydrogen (secondary N) is 1. The number of ether oxygens (including phenoxy) is 1. The summed E-state index contributed by atoms with van der Waals surface area (Å²) in [6, 6.07) is 1.72. The molecule has 1 aromatic heterocycles. The van der Waals surface area contributed by atoms with E-state index in [1.807, 2.05) is 23.4 Å².